The summed E-state index contributed by atoms with van der Waals surface area (Å²) in [5.74, 6) is 1.96. The number of sulfone groups is 1. The lowest BCUT2D eigenvalue weighted by atomic mass is 10.1. The van der Waals surface area contributed by atoms with Gasteiger partial charge in [-0.05, 0) is 70.9 Å². The van der Waals surface area contributed by atoms with Crippen LogP contribution in [0.25, 0.3) is 0 Å². The highest BCUT2D eigenvalue weighted by molar-refractivity contribution is 7.92. The summed E-state index contributed by atoms with van der Waals surface area (Å²) < 4.78 is 24.8. The van der Waals surface area contributed by atoms with Crippen molar-refractivity contribution in [3.8, 4) is 0 Å². The van der Waals surface area contributed by atoms with E-state index in [0.717, 1.165) is 28.2 Å². The van der Waals surface area contributed by atoms with E-state index in [1.807, 2.05) is 26.8 Å². The lowest BCUT2D eigenvalue weighted by Crippen LogP contribution is -2.28. The Morgan fingerprint density at radius 3 is 2.45 bits per heavy atom. The fourth-order valence-electron chi connectivity index (χ4n) is 2.90. The molecule has 154 valence electrons. The molecule has 0 amide bonds. The van der Waals surface area contributed by atoms with Crippen molar-refractivity contribution in [1.29, 1.82) is 0 Å². The minimum Gasteiger partial charge on any atom is -0.323 e. The number of aromatic amines is 1. The number of hydrogen-bond donors (Lipinski definition) is 2. The van der Waals surface area contributed by atoms with Gasteiger partial charge in [-0.2, -0.15) is 5.10 Å². The van der Waals surface area contributed by atoms with Crippen molar-refractivity contribution < 1.29 is 8.42 Å². The number of rotatable bonds is 5. The van der Waals surface area contributed by atoms with Gasteiger partial charge in [-0.3, -0.25) is 5.10 Å². The predicted molar refractivity (Wildman–Crippen MR) is 114 cm³/mol. The molecule has 0 saturated heterocycles. The first-order chi connectivity index (χ1) is 13.5. The Kier molecular flexibility index (Phi) is 5.49. The molecule has 0 radical (unpaired) electrons. The Bertz CT molecular complexity index is 1140. The van der Waals surface area contributed by atoms with Gasteiger partial charge in [-0.1, -0.05) is 6.07 Å². The molecule has 8 heteroatoms. The van der Waals surface area contributed by atoms with Crippen LogP contribution in [0.2, 0.25) is 0 Å². The number of hydrogen-bond acceptors (Lipinski definition) is 6. The van der Waals surface area contributed by atoms with Crippen LogP contribution in [0.3, 0.4) is 0 Å². The number of nitrogens with one attached hydrogen (secondary N) is 2. The van der Waals surface area contributed by atoms with E-state index in [1.165, 1.54) is 0 Å². The summed E-state index contributed by atoms with van der Waals surface area (Å²) in [6.45, 7) is 11.0. The first-order valence-electron chi connectivity index (χ1n) is 9.43. The van der Waals surface area contributed by atoms with E-state index in [9.17, 15) is 8.42 Å². The number of anilines is 2. The summed E-state index contributed by atoms with van der Waals surface area (Å²) in [4.78, 5) is 9.23. The predicted octanol–water partition coefficient (Wildman–Crippen LogP) is 4.03. The molecule has 3 rings (SSSR count). The fraction of sp³-hybridized carbons (Fsp3) is 0.381. The molecule has 2 heterocycles. The van der Waals surface area contributed by atoms with E-state index < -0.39 is 14.6 Å². The van der Waals surface area contributed by atoms with Gasteiger partial charge < -0.3 is 5.32 Å². The molecule has 0 bridgehead atoms. The normalized spacial score (nSPS) is 12.2. The maximum atomic E-state index is 12.9. The maximum Gasteiger partial charge on any atom is 0.183 e. The molecule has 7 nitrogen and oxygen atoms in total. The fourth-order valence-corrected chi connectivity index (χ4v) is 4.25. The van der Waals surface area contributed by atoms with Crippen molar-refractivity contribution in [2.45, 2.75) is 57.6 Å². The molecule has 29 heavy (non-hydrogen) atoms. The molecule has 1 aromatic carbocycles. The summed E-state index contributed by atoms with van der Waals surface area (Å²) in [5, 5.41) is 10.4. The molecule has 0 aliphatic heterocycles. The van der Waals surface area contributed by atoms with E-state index in [0.29, 0.717) is 23.0 Å². The summed E-state index contributed by atoms with van der Waals surface area (Å²) in [7, 11) is -3.43. The number of H-pyrrole nitrogens is 1. The van der Waals surface area contributed by atoms with Crippen LogP contribution in [0, 0.1) is 20.8 Å². The quantitative estimate of drug-likeness (QED) is 0.655. The van der Waals surface area contributed by atoms with Gasteiger partial charge in [0.05, 0.1) is 9.64 Å². The van der Waals surface area contributed by atoms with E-state index in [-0.39, 0.29) is 0 Å². The molecule has 0 aliphatic carbocycles. The second-order valence-corrected chi connectivity index (χ2v) is 11.0. The van der Waals surface area contributed by atoms with Gasteiger partial charge in [0.1, 0.15) is 11.6 Å². The zero-order chi connectivity index (χ0) is 21.4. The third kappa shape index (κ3) is 4.48. The van der Waals surface area contributed by atoms with Crippen molar-refractivity contribution in [2.75, 3.05) is 5.32 Å². The van der Waals surface area contributed by atoms with Crippen molar-refractivity contribution in [2.24, 2.45) is 0 Å². The smallest absolute Gasteiger partial charge is 0.183 e. The molecule has 2 N–H and O–H groups in total. The average molecular weight is 414 g/mol. The highest BCUT2D eigenvalue weighted by Crippen LogP contribution is 2.27. The highest BCUT2D eigenvalue weighted by atomic mass is 32.2. The van der Waals surface area contributed by atoms with Crippen LogP contribution in [-0.4, -0.2) is 33.3 Å². The van der Waals surface area contributed by atoms with Crippen LogP contribution in [0.1, 0.15) is 49.0 Å². The zero-order valence-corrected chi connectivity index (χ0v) is 18.5. The van der Waals surface area contributed by atoms with Crippen LogP contribution in [0.15, 0.2) is 35.4 Å². The molecule has 0 fully saturated rings. The molecular formula is C21H27N5O2S. The van der Waals surface area contributed by atoms with Crippen molar-refractivity contribution in [3.63, 3.8) is 0 Å². The van der Waals surface area contributed by atoms with Crippen molar-refractivity contribution in [1.82, 2.24) is 20.2 Å². The summed E-state index contributed by atoms with van der Waals surface area (Å²) in [6, 6.07) is 7.18. The maximum absolute atomic E-state index is 12.9. The number of benzene rings is 1. The van der Waals surface area contributed by atoms with Crippen molar-refractivity contribution >= 4 is 21.5 Å². The molecule has 3 aromatic rings. The van der Waals surface area contributed by atoms with Crippen molar-refractivity contribution in [3.05, 3.63) is 58.7 Å². The Hall–Kier alpha value is -2.74. The van der Waals surface area contributed by atoms with Gasteiger partial charge in [-0.25, -0.2) is 18.4 Å². The lowest BCUT2D eigenvalue weighted by molar-refractivity contribution is 0.560. The topological polar surface area (TPSA) is 101 Å². The molecule has 2 aromatic heterocycles. The second-order valence-electron chi connectivity index (χ2n) is 8.25. The second kappa shape index (κ2) is 7.59. The first kappa shape index (κ1) is 21.0. The number of aryl methyl sites for hydroxylation is 2. The highest BCUT2D eigenvalue weighted by Gasteiger charge is 2.31. The zero-order valence-electron chi connectivity index (χ0n) is 17.7. The molecule has 0 saturated carbocycles. The monoisotopic (exact) mass is 413 g/mol. The van der Waals surface area contributed by atoms with E-state index in [4.69, 9.17) is 0 Å². The molecular weight excluding hydrogens is 386 g/mol. The van der Waals surface area contributed by atoms with Gasteiger partial charge in [-0.15, -0.1) is 0 Å². The minimum atomic E-state index is -3.43. The Labute approximate surface area is 171 Å². The third-order valence-electron chi connectivity index (χ3n) is 4.79. The van der Waals surface area contributed by atoms with Crippen LogP contribution in [0.5, 0.6) is 0 Å². The minimum absolute atomic E-state index is 0.330. The molecule has 0 unspecified atom stereocenters. The van der Waals surface area contributed by atoms with Gasteiger partial charge in [0, 0.05) is 23.9 Å². The van der Waals surface area contributed by atoms with E-state index >= 15 is 0 Å². The number of aromatic nitrogens is 4. The SMILES string of the molecule is Cc1cc(Cc2nccc(Nc3n[nH]c(C)c3C)n2)cc(S(=O)(=O)C(C)(C)C)c1. The Morgan fingerprint density at radius 2 is 1.83 bits per heavy atom. The summed E-state index contributed by atoms with van der Waals surface area (Å²) >= 11 is 0. The van der Waals surface area contributed by atoms with Gasteiger partial charge >= 0.3 is 0 Å². The van der Waals surface area contributed by atoms with E-state index in [2.05, 4.69) is 25.5 Å². The Morgan fingerprint density at radius 1 is 1.10 bits per heavy atom. The summed E-state index contributed by atoms with van der Waals surface area (Å²) in [6.07, 6.45) is 2.12. The molecule has 0 aliphatic rings. The first-order valence-corrected chi connectivity index (χ1v) is 10.9. The van der Waals surface area contributed by atoms with Gasteiger partial charge in [0.15, 0.2) is 15.7 Å². The van der Waals surface area contributed by atoms with Crippen LogP contribution < -0.4 is 5.32 Å². The standard InChI is InChI=1S/C21H27N5O2S/c1-13-9-16(11-17(10-13)29(27,28)21(4,5)6)12-19-22-8-7-18(23-19)24-20-14(2)15(3)25-26-20/h7-11H,12H2,1-6H3,(H2,22,23,24,25,26). The van der Waals surface area contributed by atoms with Gasteiger partial charge in [0.2, 0.25) is 0 Å². The van der Waals surface area contributed by atoms with Crippen LogP contribution in [0.4, 0.5) is 11.6 Å². The molecule has 0 spiro atoms. The van der Waals surface area contributed by atoms with Gasteiger partial charge in [0.25, 0.3) is 0 Å². The summed E-state index contributed by atoms with van der Waals surface area (Å²) in [5.41, 5.74) is 3.77. The average Bonchev–Trinajstić information content (AvgIpc) is 2.93. The largest absolute Gasteiger partial charge is 0.323 e. The van der Waals surface area contributed by atoms with Crippen LogP contribution in [-0.2, 0) is 16.3 Å². The molecule has 0 atom stereocenters. The lowest BCUT2D eigenvalue weighted by Gasteiger charge is -2.20. The van der Waals surface area contributed by atoms with E-state index in [1.54, 1.807) is 45.2 Å². The number of nitrogens with zero attached hydrogens (tertiary/aromatic N) is 3. The third-order valence-corrected chi connectivity index (χ3v) is 7.26. The Balaban J connectivity index is 1.88. The van der Waals surface area contributed by atoms with Crippen LogP contribution >= 0.6 is 0 Å².